The number of nitrogens with one attached hydrogen (secondary N) is 1. The normalized spacial score (nSPS) is 16.1. The lowest BCUT2D eigenvalue weighted by molar-refractivity contribution is -0.134. The maximum absolute atomic E-state index is 14.2. The quantitative estimate of drug-likeness (QED) is 0.160. The molecule has 1 atom stereocenters. The predicted molar refractivity (Wildman–Crippen MR) is 177 cm³/mol. The van der Waals surface area contributed by atoms with Gasteiger partial charge in [-0.25, -0.2) is 19.0 Å². The van der Waals surface area contributed by atoms with Gasteiger partial charge in [-0.15, -0.1) is 10.2 Å². The van der Waals surface area contributed by atoms with Crippen LogP contribution in [0.3, 0.4) is 0 Å². The van der Waals surface area contributed by atoms with E-state index < -0.39 is 17.8 Å². The van der Waals surface area contributed by atoms with Crippen LogP contribution in [0.15, 0.2) is 36.7 Å². The molecule has 0 aliphatic carbocycles. The number of rotatable bonds is 15. The maximum Gasteiger partial charge on any atom is 0.328 e. The van der Waals surface area contributed by atoms with Crippen LogP contribution in [0.4, 0.5) is 10.2 Å². The Hall–Kier alpha value is -4.21. The first-order valence-electron chi connectivity index (χ1n) is 16.2. The first kappa shape index (κ1) is 38.2. The summed E-state index contributed by atoms with van der Waals surface area (Å²) in [5.74, 6) is -1.76. The van der Waals surface area contributed by atoms with E-state index >= 15 is 0 Å². The summed E-state index contributed by atoms with van der Waals surface area (Å²) in [6.45, 7) is 16.2. The molecule has 0 bridgehead atoms. The highest BCUT2D eigenvalue weighted by atomic mass is 19.1. The summed E-state index contributed by atoms with van der Waals surface area (Å²) in [4.78, 5) is 43.3. The van der Waals surface area contributed by atoms with Gasteiger partial charge in [0.25, 0.3) is 11.8 Å². The van der Waals surface area contributed by atoms with E-state index in [0.717, 1.165) is 45.6 Å². The average molecular weight is 674 g/mol. The van der Waals surface area contributed by atoms with E-state index in [1.165, 1.54) is 24.5 Å². The highest BCUT2D eigenvalue weighted by Gasteiger charge is 2.50. The Balaban J connectivity index is 0.000000694. The van der Waals surface area contributed by atoms with Gasteiger partial charge in [0.1, 0.15) is 17.9 Å². The van der Waals surface area contributed by atoms with Crippen molar-refractivity contribution in [2.75, 3.05) is 57.3 Å². The number of carbonyl (C=O) groups excluding carboxylic acids is 1. The molecule has 3 heterocycles. The second kappa shape index (κ2) is 17.8. The third kappa shape index (κ3) is 10.4. The number of aliphatic carboxylic acids is 2. The fraction of sp³-hybridized carbons (Fsp3) is 0.576. The SMILES string of the molecule is CCN(C(=O)c1cc(F)ccc1Oc1nncnc1N1CCC2(C1)CN(C(CCNCCO)C(C)C)C2)C(C)C.O=C(O)/C=C/C(=O)O. The van der Waals surface area contributed by atoms with Crippen LogP contribution >= 0.6 is 0 Å². The predicted octanol–water partition coefficient (Wildman–Crippen LogP) is 2.89. The van der Waals surface area contributed by atoms with Crippen molar-refractivity contribution in [3.63, 3.8) is 0 Å². The molecule has 1 aromatic heterocycles. The molecular formula is C33H48FN7O7. The monoisotopic (exact) mass is 673 g/mol. The second-order valence-corrected chi connectivity index (χ2v) is 12.7. The number of amides is 1. The van der Waals surface area contributed by atoms with E-state index in [1.807, 2.05) is 20.8 Å². The van der Waals surface area contributed by atoms with Gasteiger partial charge >= 0.3 is 11.9 Å². The molecule has 2 aliphatic rings. The number of halogens is 1. The van der Waals surface area contributed by atoms with Crippen LogP contribution in [0, 0.1) is 17.2 Å². The molecule has 1 aromatic carbocycles. The minimum absolute atomic E-state index is 0.0442. The number of benzene rings is 1. The van der Waals surface area contributed by atoms with Gasteiger partial charge < -0.3 is 35.2 Å². The number of anilines is 1. The highest BCUT2D eigenvalue weighted by Crippen LogP contribution is 2.44. The van der Waals surface area contributed by atoms with Crippen molar-refractivity contribution >= 4 is 23.7 Å². The van der Waals surface area contributed by atoms with E-state index in [4.69, 9.17) is 20.1 Å². The first-order chi connectivity index (χ1) is 22.8. The smallest absolute Gasteiger partial charge is 0.328 e. The molecule has 0 saturated carbocycles. The largest absolute Gasteiger partial charge is 0.478 e. The van der Waals surface area contributed by atoms with Crippen LogP contribution in [-0.2, 0) is 9.59 Å². The molecule has 2 aromatic rings. The van der Waals surface area contributed by atoms with Crippen LogP contribution in [0.5, 0.6) is 11.6 Å². The molecule has 48 heavy (non-hydrogen) atoms. The van der Waals surface area contributed by atoms with Crippen molar-refractivity contribution in [2.45, 2.75) is 59.5 Å². The Kier molecular flexibility index (Phi) is 14.2. The first-order valence-corrected chi connectivity index (χ1v) is 16.2. The van der Waals surface area contributed by atoms with E-state index in [9.17, 15) is 18.8 Å². The van der Waals surface area contributed by atoms with Gasteiger partial charge in [0.2, 0.25) is 0 Å². The lowest BCUT2D eigenvalue weighted by atomic mass is 9.76. The fourth-order valence-corrected chi connectivity index (χ4v) is 6.26. The van der Waals surface area contributed by atoms with E-state index in [1.54, 1.807) is 4.90 Å². The molecule has 4 N–H and O–H groups in total. The number of carbonyl (C=O) groups is 3. The van der Waals surface area contributed by atoms with Crippen molar-refractivity contribution in [1.29, 1.82) is 0 Å². The minimum atomic E-state index is -1.26. The van der Waals surface area contributed by atoms with Gasteiger partial charge in [0.05, 0.1) is 12.2 Å². The van der Waals surface area contributed by atoms with Gasteiger partial charge in [0, 0.05) is 68.9 Å². The number of carboxylic acids is 2. The summed E-state index contributed by atoms with van der Waals surface area (Å²) in [6.07, 6.45) is 4.62. The van der Waals surface area contributed by atoms with E-state index in [-0.39, 0.29) is 41.2 Å². The van der Waals surface area contributed by atoms with Crippen molar-refractivity contribution in [3.05, 3.63) is 48.1 Å². The number of aliphatic hydroxyl groups is 1. The third-order valence-electron chi connectivity index (χ3n) is 8.50. The fourth-order valence-electron chi connectivity index (χ4n) is 6.26. The molecule has 264 valence electrons. The molecular weight excluding hydrogens is 625 g/mol. The summed E-state index contributed by atoms with van der Waals surface area (Å²) < 4.78 is 20.4. The lowest BCUT2D eigenvalue weighted by Gasteiger charge is -2.53. The Morgan fingerprint density at radius 1 is 1.10 bits per heavy atom. The number of hydrogen-bond acceptors (Lipinski definition) is 11. The number of hydrogen-bond donors (Lipinski definition) is 4. The molecule has 2 fully saturated rings. The van der Waals surface area contributed by atoms with Crippen LogP contribution in [-0.4, -0.2) is 123 Å². The average Bonchev–Trinajstić information content (AvgIpc) is 3.47. The number of nitrogens with zero attached hydrogens (tertiary/aromatic N) is 6. The molecule has 1 amide bonds. The van der Waals surface area contributed by atoms with E-state index in [0.29, 0.717) is 43.0 Å². The summed E-state index contributed by atoms with van der Waals surface area (Å²) in [6, 6.07) is 4.40. The Morgan fingerprint density at radius 3 is 2.38 bits per heavy atom. The number of aliphatic hydroxyl groups excluding tert-OH is 1. The topological polar surface area (TPSA) is 182 Å². The molecule has 1 unspecified atom stereocenters. The molecule has 2 saturated heterocycles. The molecule has 0 radical (unpaired) electrons. The summed E-state index contributed by atoms with van der Waals surface area (Å²) in [5, 5.41) is 36.1. The second-order valence-electron chi connectivity index (χ2n) is 12.7. The van der Waals surface area contributed by atoms with Crippen molar-refractivity contribution < 1.29 is 38.8 Å². The molecule has 1 spiro atoms. The van der Waals surface area contributed by atoms with E-state index in [2.05, 4.69) is 44.1 Å². The molecule has 14 nitrogen and oxygen atoms in total. The Labute approximate surface area is 280 Å². The standard InChI is InChI=1S/C29H44FN7O3.C4H4O4/c1-6-37(21(4)5)28(39)23-15-22(30)7-8-25(23)40-27-26(32-19-33-34-27)35-13-10-29(16-35)17-36(18-29)24(20(2)3)9-11-31-12-14-38;5-3(6)1-2-4(7)8/h7-8,15,19-21,24,31,38H,6,9-14,16-18H2,1-5H3;1-2H,(H,5,6)(H,7,8)/b;2-1+. The van der Waals surface area contributed by atoms with Gasteiger partial charge in [-0.2, -0.15) is 0 Å². The Morgan fingerprint density at radius 2 is 1.79 bits per heavy atom. The van der Waals surface area contributed by atoms with Gasteiger partial charge in [-0.1, -0.05) is 13.8 Å². The van der Waals surface area contributed by atoms with Crippen molar-refractivity contribution in [1.82, 2.24) is 30.3 Å². The number of carboxylic acid groups (broad SMARTS) is 2. The Bertz CT molecular complexity index is 1400. The van der Waals surface area contributed by atoms with Crippen LogP contribution in [0.1, 0.15) is 57.8 Å². The molecule has 4 rings (SSSR count). The zero-order valence-corrected chi connectivity index (χ0v) is 28.3. The summed E-state index contributed by atoms with van der Waals surface area (Å²) in [7, 11) is 0. The maximum atomic E-state index is 14.2. The summed E-state index contributed by atoms with van der Waals surface area (Å²) in [5.41, 5.74) is 0.330. The van der Waals surface area contributed by atoms with Crippen LogP contribution in [0.2, 0.25) is 0 Å². The summed E-state index contributed by atoms with van der Waals surface area (Å²) >= 11 is 0. The molecule has 2 aliphatic heterocycles. The number of aromatic nitrogens is 3. The zero-order valence-electron chi connectivity index (χ0n) is 28.3. The van der Waals surface area contributed by atoms with Gasteiger partial charge in [0.15, 0.2) is 5.82 Å². The van der Waals surface area contributed by atoms with Gasteiger partial charge in [-0.3, -0.25) is 9.69 Å². The number of likely N-dealkylation sites (tertiary alicyclic amines) is 1. The van der Waals surface area contributed by atoms with Crippen molar-refractivity contribution in [3.8, 4) is 11.6 Å². The zero-order chi connectivity index (χ0) is 35.4. The minimum Gasteiger partial charge on any atom is -0.478 e. The number of ether oxygens (including phenoxy) is 1. The highest BCUT2D eigenvalue weighted by molar-refractivity contribution is 5.97. The lowest BCUT2D eigenvalue weighted by Crippen LogP contribution is -2.62. The van der Waals surface area contributed by atoms with Crippen LogP contribution in [0.25, 0.3) is 0 Å². The van der Waals surface area contributed by atoms with Crippen LogP contribution < -0.4 is 15.0 Å². The van der Waals surface area contributed by atoms with Crippen molar-refractivity contribution in [2.24, 2.45) is 11.3 Å². The van der Waals surface area contributed by atoms with Gasteiger partial charge in [-0.05, 0) is 64.3 Å². The molecule has 15 heteroatoms. The third-order valence-corrected chi connectivity index (χ3v) is 8.50.